The molecule has 0 atom stereocenters. The number of nitrogens with two attached hydrogens (primary N) is 1. The molecule has 0 saturated heterocycles. The van der Waals surface area contributed by atoms with E-state index in [9.17, 15) is 0 Å². The van der Waals surface area contributed by atoms with E-state index in [1.165, 1.54) is 0 Å². The van der Waals surface area contributed by atoms with Gasteiger partial charge in [-0.2, -0.15) is 0 Å². The van der Waals surface area contributed by atoms with Crippen molar-refractivity contribution in [2.75, 3.05) is 26.2 Å². The summed E-state index contributed by atoms with van der Waals surface area (Å²) in [6.07, 6.45) is 0. The number of rotatable bonds is 6. The van der Waals surface area contributed by atoms with Gasteiger partial charge in [0.1, 0.15) is 12.4 Å². The third kappa shape index (κ3) is 9.91. The van der Waals surface area contributed by atoms with Gasteiger partial charge in [-0.1, -0.05) is 23.2 Å². The SMILES string of the molecule is NCCNCCOc1ccc(Cl)c(Cl)c1.O=C(O)C(=O)O. The van der Waals surface area contributed by atoms with E-state index in [0.717, 1.165) is 18.8 Å². The molecule has 0 aliphatic heterocycles. The van der Waals surface area contributed by atoms with Crippen molar-refractivity contribution in [1.82, 2.24) is 5.32 Å². The Hall–Kier alpha value is -1.54. The molecular weight excluding hydrogens is 323 g/mol. The Morgan fingerprint density at radius 1 is 1.14 bits per heavy atom. The second-order valence-electron chi connectivity index (χ2n) is 3.57. The zero-order valence-corrected chi connectivity index (χ0v) is 12.5. The smallest absolute Gasteiger partial charge is 0.414 e. The molecule has 1 aromatic carbocycles. The summed E-state index contributed by atoms with van der Waals surface area (Å²) in [7, 11) is 0. The molecule has 0 bridgehead atoms. The first-order valence-corrected chi connectivity index (χ1v) is 6.59. The fraction of sp³-hybridized carbons (Fsp3) is 0.333. The molecule has 0 spiro atoms. The zero-order valence-electron chi connectivity index (χ0n) is 11.0. The third-order valence-electron chi connectivity index (χ3n) is 1.94. The second kappa shape index (κ2) is 11.2. The van der Waals surface area contributed by atoms with E-state index in [4.69, 9.17) is 53.5 Å². The van der Waals surface area contributed by atoms with Gasteiger partial charge in [-0.25, -0.2) is 9.59 Å². The first-order valence-electron chi connectivity index (χ1n) is 5.83. The lowest BCUT2D eigenvalue weighted by atomic mass is 10.3. The van der Waals surface area contributed by atoms with Gasteiger partial charge in [0.05, 0.1) is 10.0 Å². The summed E-state index contributed by atoms with van der Waals surface area (Å²) in [5.74, 6) is -2.93. The van der Waals surface area contributed by atoms with Crippen LogP contribution >= 0.6 is 23.2 Å². The van der Waals surface area contributed by atoms with Gasteiger partial charge in [-0.15, -0.1) is 0 Å². The first kappa shape index (κ1) is 19.5. The van der Waals surface area contributed by atoms with Crippen LogP contribution in [0.2, 0.25) is 10.0 Å². The minimum Gasteiger partial charge on any atom is -0.492 e. The molecule has 1 rings (SSSR count). The Morgan fingerprint density at radius 3 is 2.24 bits per heavy atom. The number of carboxylic acid groups (broad SMARTS) is 2. The van der Waals surface area contributed by atoms with Gasteiger partial charge in [0.15, 0.2) is 0 Å². The van der Waals surface area contributed by atoms with Gasteiger partial charge in [0.25, 0.3) is 0 Å². The maximum Gasteiger partial charge on any atom is 0.414 e. The van der Waals surface area contributed by atoms with Crippen molar-refractivity contribution < 1.29 is 24.5 Å². The number of aliphatic carboxylic acids is 2. The Labute approximate surface area is 131 Å². The van der Waals surface area contributed by atoms with E-state index >= 15 is 0 Å². The van der Waals surface area contributed by atoms with E-state index in [-0.39, 0.29) is 0 Å². The average Bonchev–Trinajstić information content (AvgIpc) is 2.43. The van der Waals surface area contributed by atoms with E-state index in [1.54, 1.807) is 18.2 Å². The monoisotopic (exact) mass is 338 g/mol. The highest BCUT2D eigenvalue weighted by Crippen LogP contribution is 2.26. The van der Waals surface area contributed by atoms with E-state index in [1.807, 2.05) is 0 Å². The van der Waals surface area contributed by atoms with Gasteiger partial charge < -0.3 is 26.0 Å². The van der Waals surface area contributed by atoms with Crippen LogP contribution in [0, 0.1) is 0 Å². The summed E-state index contributed by atoms with van der Waals surface area (Å²) in [6, 6.07) is 5.20. The Bertz CT molecular complexity index is 459. The summed E-state index contributed by atoms with van der Waals surface area (Å²) < 4.78 is 5.44. The first-order chi connectivity index (χ1) is 9.88. The van der Waals surface area contributed by atoms with E-state index in [0.29, 0.717) is 23.2 Å². The quantitative estimate of drug-likeness (QED) is 0.452. The highest BCUT2D eigenvalue weighted by Gasteiger charge is 2.04. The van der Waals surface area contributed by atoms with Crippen LogP contribution in [0.3, 0.4) is 0 Å². The van der Waals surface area contributed by atoms with Crippen molar-refractivity contribution in [3.8, 4) is 5.75 Å². The topological polar surface area (TPSA) is 122 Å². The number of ether oxygens (including phenoxy) is 1. The molecule has 0 fully saturated rings. The molecule has 0 aromatic heterocycles. The third-order valence-corrected chi connectivity index (χ3v) is 2.68. The molecule has 9 heteroatoms. The molecule has 7 nitrogen and oxygen atoms in total. The number of carbonyl (C=O) groups is 2. The van der Waals surface area contributed by atoms with E-state index in [2.05, 4.69) is 5.32 Å². The molecule has 118 valence electrons. The van der Waals surface area contributed by atoms with Crippen LogP contribution in [0.15, 0.2) is 18.2 Å². The van der Waals surface area contributed by atoms with Crippen LogP contribution in [-0.4, -0.2) is 48.4 Å². The summed E-state index contributed by atoms with van der Waals surface area (Å²) in [5.41, 5.74) is 5.32. The zero-order chi connectivity index (χ0) is 16.3. The van der Waals surface area contributed by atoms with Crippen LogP contribution < -0.4 is 15.8 Å². The molecule has 1 aromatic rings. The molecule has 0 unspecified atom stereocenters. The summed E-state index contributed by atoms with van der Waals surface area (Å²) in [4.78, 5) is 18.2. The number of hydrogen-bond donors (Lipinski definition) is 4. The highest BCUT2D eigenvalue weighted by molar-refractivity contribution is 6.42. The molecule has 0 aliphatic carbocycles. The number of nitrogens with one attached hydrogen (secondary N) is 1. The Morgan fingerprint density at radius 2 is 1.76 bits per heavy atom. The van der Waals surface area contributed by atoms with Crippen LogP contribution in [0.1, 0.15) is 0 Å². The van der Waals surface area contributed by atoms with Crippen molar-refractivity contribution in [3.63, 3.8) is 0 Å². The Balaban J connectivity index is 0.000000567. The fourth-order valence-corrected chi connectivity index (χ4v) is 1.32. The fourth-order valence-electron chi connectivity index (χ4n) is 1.03. The molecule has 0 heterocycles. The standard InChI is InChI=1S/C10H14Cl2N2O.C2H2O4/c11-9-2-1-8(7-10(9)12)15-6-5-14-4-3-13;3-1(4)2(5)6/h1-2,7,14H,3-6,13H2;(H,3,4)(H,5,6). The molecule has 0 amide bonds. The van der Waals surface area contributed by atoms with Gasteiger partial charge in [-0.05, 0) is 12.1 Å². The van der Waals surface area contributed by atoms with Gasteiger partial charge in [-0.3, -0.25) is 0 Å². The second-order valence-corrected chi connectivity index (χ2v) is 4.39. The van der Waals surface area contributed by atoms with Crippen LogP contribution in [0.5, 0.6) is 5.75 Å². The molecule has 0 aliphatic rings. The molecule has 0 saturated carbocycles. The van der Waals surface area contributed by atoms with Crippen molar-refractivity contribution in [3.05, 3.63) is 28.2 Å². The lowest BCUT2D eigenvalue weighted by molar-refractivity contribution is -0.159. The normalized spacial score (nSPS) is 9.48. The molecule has 21 heavy (non-hydrogen) atoms. The summed E-state index contributed by atoms with van der Waals surface area (Å²) >= 11 is 11.6. The summed E-state index contributed by atoms with van der Waals surface area (Å²) in [6.45, 7) is 2.77. The highest BCUT2D eigenvalue weighted by atomic mass is 35.5. The lowest BCUT2D eigenvalue weighted by Crippen LogP contribution is -2.26. The van der Waals surface area contributed by atoms with Gasteiger partial charge in [0, 0.05) is 25.7 Å². The van der Waals surface area contributed by atoms with Crippen molar-refractivity contribution >= 4 is 35.1 Å². The predicted octanol–water partition coefficient (Wildman–Crippen LogP) is 1.08. The summed E-state index contributed by atoms with van der Waals surface area (Å²) in [5, 5.41) is 18.9. The van der Waals surface area contributed by atoms with Crippen LogP contribution in [0.25, 0.3) is 0 Å². The maximum atomic E-state index is 9.10. The predicted molar refractivity (Wildman–Crippen MR) is 79.2 cm³/mol. The molecular formula is C12H16Cl2N2O5. The lowest BCUT2D eigenvalue weighted by Gasteiger charge is -2.07. The average molecular weight is 339 g/mol. The largest absolute Gasteiger partial charge is 0.492 e. The molecule has 0 radical (unpaired) electrons. The number of benzene rings is 1. The van der Waals surface area contributed by atoms with E-state index < -0.39 is 11.9 Å². The van der Waals surface area contributed by atoms with Crippen molar-refractivity contribution in [2.24, 2.45) is 5.73 Å². The number of hydrogen-bond acceptors (Lipinski definition) is 5. The van der Waals surface area contributed by atoms with Crippen LogP contribution in [-0.2, 0) is 9.59 Å². The minimum absolute atomic E-state index is 0.504. The van der Waals surface area contributed by atoms with Crippen LogP contribution in [0.4, 0.5) is 0 Å². The van der Waals surface area contributed by atoms with Crippen molar-refractivity contribution in [1.29, 1.82) is 0 Å². The van der Waals surface area contributed by atoms with Crippen molar-refractivity contribution in [2.45, 2.75) is 0 Å². The minimum atomic E-state index is -1.82. The number of carboxylic acids is 2. The molecule has 5 N–H and O–H groups in total. The van der Waals surface area contributed by atoms with Gasteiger partial charge >= 0.3 is 11.9 Å². The Kier molecular flexibility index (Phi) is 10.3. The maximum absolute atomic E-state index is 9.10. The van der Waals surface area contributed by atoms with Gasteiger partial charge in [0.2, 0.25) is 0 Å². The number of halogens is 2.